The van der Waals surface area contributed by atoms with Crippen molar-refractivity contribution >= 4 is 0 Å². The molecule has 0 aliphatic heterocycles. The highest BCUT2D eigenvalue weighted by molar-refractivity contribution is 5.00. The van der Waals surface area contributed by atoms with Gasteiger partial charge in [-0.1, -0.05) is 0 Å². The van der Waals surface area contributed by atoms with E-state index in [1.807, 2.05) is 0 Å². The van der Waals surface area contributed by atoms with Crippen LogP contribution in [0.4, 0.5) is 0 Å². The van der Waals surface area contributed by atoms with Crippen molar-refractivity contribution in [2.24, 2.45) is 5.73 Å². The van der Waals surface area contributed by atoms with Gasteiger partial charge < -0.3 is 31.3 Å². The summed E-state index contributed by atoms with van der Waals surface area (Å²) in [6.45, 7) is 0. The summed E-state index contributed by atoms with van der Waals surface area (Å²) in [7, 11) is 0. The minimum Gasteiger partial charge on any atom is -0.389 e. The summed E-state index contributed by atoms with van der Waals surface area (Å²) >= 11 is 0. The average Bonchev–Trinajstić information content (AvgIpc) is 2.08. The van der Waals surface area contributed by atoms with Crippen molar-refractivity contribution < 1.29 is 25.5 Å². The van der Waals surface area contributed by atoms with Crippen molar-refractivity contribution in [2.75, 3.05) is 0 Å². The predicted molar refractivity (Wildman–Crippen MR) is 38.0 cm³/mol. The van der Waals surface area contributed by atoms with Gasteiger partial charge in [-0.05, 0) is 0 Å². The maximum Gasteiger partial charge on any atom is 0.111 e. The molecule has 12 heavy (non-hydrogen) atoms. The first-order chi connectivity index (χ1) is 5.46. The van der Waals surface area contributed by atoms with Crippen molar-refractivity contribution in [2.45, 2.75) is 36.6 Å². The van der Waals surface area contributed by atoms with Gasteiger partial charge in [0.25, 0.3) is 0 Å². The van der Waals surface area contributed by atoms with Crippen molar-refractivity contribution in [3.05, 3.63) is 0 Å². The molecule has 7 N–H and O–H groups in total. The molecule has 0 amide bonds. The van der Waals surface area contributed by atoms with E-state index >= 15 is 0 Å². The Morgan fingerprint density at radius 2 is 0.833 bits per heavy atom. The standard InChI is InChI=1S/C6H13NO5/c7-1-2(8)4(10)6(12)5(11)3(1)9/h1-6,8-12H,7H2/t1?,2-,3+,4+,5-,6?. The molecule has 0 spiro atoms. The molecule has 1 fully saturated rings. The molecule has 6 nitrogen and oxygen atoms in total. The molecule has 72 valence electrons. The summed E-state index contributed by atoms with van der Waals surface area (Å²) < 4.78 is 0. The molecule has 1 rings (SSSR count). The van der Waals surface area contributed by atoms with Gasteiger partial charge in [-0.2, -0.15) is 0 Å². The van der Waals surface area contributed by atoms with E-state index in [1.54, 1.807) is 0 Å². The molecule has 0 radical (unpaired) electrons. The van der Waals surface area contributed by atoms with E-state index in [4.69, 9.17) is 31.3 Å². The lowest BCUT2D eigenvalue weighted by atomic mass is 9.84. The summed E-state index contributed by atoms with van der Waals surface area (Å²) in [5.41, 5.74) is 5.23. The number of rotatable bonds is 0. The molecule has 0 aromatic carbocycles. The minimum absolute atomic E-state index is 1.14. The van der Waals surface area contributed by atoms with Gasteiger partial charge in [-0.15, -0.1) is 0 Å². The quantitative estimate of drug-likeness (QED) is 0.226. The number of nitrogens with two attached hydrogens (primary N) is 1. The fourth-order valence-electron chi connectivity index (χ4n) is 1.26. The molecular formula is C6H13NO5. The highest BCUT2D eigenvalue weighted by Gasteiger charge is 2.46. The molecular weight excluding hydrogens is 166 g/mol. The van der Waals surface area contributed by atoms with Crippen LogP contribution in [0.1, 0.15) is 0 Å². The second kappa shape index (κ2) is 3.25. The van der Waals surface area contributed by atoms with E-state index in [2.05, 4.69) is 0 Å². The van der Waals surface area contributed by atoms with E-state index in [1.165, 1.54) is 0 Å². The summed E-state index contributed by atoms with van der Waals surface area (Å²) in [5, 5.41) is 45.3. The molecule has 2 unspecified atom stereocenters. The lowest BCUT2D eigenvalue weighted by molar-refractivity contribution is -0.184. The Balaban J connectivity index is 2.76. The van der Waals surface area contributed by atoms with E-state index in [9.17, 15) is 0 Å². The highest BCUT2D eigenvalue weighted by atomic mass is 16.4. The first kappa shape index (κ1) is 9.85. The normalized spacial score (nSPS) is 55.5. The van der Waals surface area contributed by atoms with Crippen LogP contribution in [0, 0.1) is 0 Å². The minimum atomic E-state index is -1.56. The summed E-state index contributed by atoms with van der Waals surface area (Å²) in [6.07, 6.45) is -7.43. The lowest BCUT2D eigenvalue weighted by Gasteiger charge is -2.40. The van der Waals surface area contributed by atoms with Gasteiger partial charge >= 0.3 is 0 Å². The fourth-order valence-corrected chi connectivity index (χ4v) is 1.26. The van der Waals surface area contributed by atoms with Gasteiger partial charge in [0.15, 0.2) is 0 Å². The topological polar surface area (TPSA) is 127 Å². The lowest BCUT2D eigenvalue weighted by Crippen LogP contribution is -2.66. The van der Waals surface area contributed by atoms with Crippen LogP contribution in [0.3, 0.4) is 0 Å². The first-order valence-electron chi connectivity index (χ1n) is 3.62. The maximum absolute atomic E-state index is 9.10. The van der Waals surface area contributed by atoms with Gasteiger partial charge in [0, 0.05) is 0 Å². The van der Waals surface area contributed by atoms with Crippen LogP contribution in [0.2, 0.25) is 0 Å². The van der Waals surface area contributed by atoms with Crippen molar-refractivity contribution in [3.63, 3.8) is 0 Å². The number of hydrogen-bond acceptors (Lipinski definition) is 6. The van der Waals surface area contributed by atoms with Crippen LogP contribution in [0.15, 0.2) is 0 Å². The Kier molecular flexibility index (Phi) is 2.67. The Morgan fingerprint density at radius 1 is 0.583 bits per heavy atom. The summed E-state index contributed by atoms with van der Waals surface area (Å²) in [5.74, 6) is 0. The third-order valence-corrected chi connectivity index (χ3v) is 2.19. The van der Waals surface area contributed by atoms with Crippen molar-refractivity contribution in [1.82, 2.24) is 0 Å². The zero-order valence-corrected chi connectivity index (χ0v) is 6.28. The third kappa shape index (κ3) is 1.33. The molecule has 6 heteroatoms. The van der Waals surface area contributed by atoms with Crippen LogP contribution in [-0.4, -0.2) is 62.1 Å². The Morgan fingerprint density at radius 3 is 1.17 bits per heavy atom. The number of hydrogen-bond donors (Lipinski definition) is 6. The molecule has 1 aliphatic carbocycles. The zero-order valence-electron chi connectivity index (χ0n) is 6.28. The molecule has 0 aromatic rings. The van der Waals surface area contributed by atoms with Crippen LogP contribution >= 0.6 is 0 Å². The summed E-state index contributed by atoms with van der Waals surface area (Å²) in [4.78, 5) is 0. The van der Waals surface area contributed by atoms with Crippen molar-refractivity contribution in [3.8, 4) is 0 Å². The van der Waals surface area contributed by atoms with E-state index in [-0.39, 0.29) is 0 Å². The van der Waals surface area contributed by atoms with E-state index in [0.29, 0.717) is 0 Å². The second-order valence-corrected chi connectivity index (χ2v) is 3.03. The van der Waals surface area contributed by atoms with Gasteiger partial charge in [0.2, 0.25) is 0 Å². The van der Waals surface area contributed by atoms with Crippen molar-refractivity contribution in [1.29, 1.82) is 0 Å². The molecule has 0 heterocycles. The number of aliphatic hydroxyl groups is 5. The number of aliphatic hydroxyl groups excluding tert-OH is 5. The molecule has 0 aromatic heterocycles. The van der Waals surface area contributed by atoms with E-state index < -0.39 is 36.6 Å². The van der Waals surface area contributed by atoms with Gasteiger partial charge in [-0.3, -0.25) is 0 Å². The SMILES string of the molecule is NC1[C@@H](O)[C@H](O)C(O)[C@H](O)[C@H]1O. The largest absolute Gasteiger partial charge is 0.389 e. The molecule has 0 bridgehead atoms. The summed E-state index contributed by atoms with van der Waals surface area (Å²) in [6, 6.07) is -1.14. The van der Waals surface area contributed by atoms with Crippen LogP contribution in [0.5, 0.6) is 0 Å². The maximum atomic E-state index is 9.10. The first-order valence-corrected chi connectivity index (χ1v) is 3.62. The second-order valence-electron chi connectivity index (χ2n) is 3.03. The third-order valence-electron chi connectivity index (χ3n) is 2.19. The molecule has 6 atom stereocenters. The Hall–Kier alpha value is -0.240. The molecule has 0 saturated heterocycles. The molecule has 1 aliphatic rings. The van der Waals surface area contributed by atoms with Gasteiger partial charge in [0.1, 0.15) is 30.5 Å². The van der Waals surface area contributed by atoms with Crippen LogP contribution in [-0.2, 0) is 0 Å². The Labute approximate surface area is 68.9 Å². The average molecular weight is 179 g/mol. The van der Waals surface area contributed by atoms with E-state index in [0.717, 1.165) is 0 Å². The van der Waals surface area contributed by atoms with Crippen LogP contribution < -0.4 is 5.73 Å². The highest BCUT2D eigenvalue weighted by Crippen LogP contribution is 2.19. The fraction of sp³-hybridized carbons (Fsp3) is 1.00. The smallest absolute Gasteiger partial charge is 0.111 e. The van der Waals surface area contributed by atoms with Gasteiger partial charge in [-0.25, -0.2) is 0 Å². The Bertz CT molecular complexity index is 107. The van der Waals surface area contributed by atoms with Crippen LogP contribution in [0.25, 0.3) is 0 Å². The van der Waals surface area contributed by atoms with Gasteiger partial charge in [0.05, 0.1) is 6.04 Å². The molecule has 1 saturated carbocycles. The predicted octanol–water partition coefficient (Wildman–Crippen LogP) is -3.87. The zero-order chi connectivity index (χ0) is 9.46. The monoisotopic (exact) mass is 179 g/mol.